The van der Waals surface area contributed by atoms with Gasteiger partial charge in [-0.25, -0.2) is 0 Å². The highest BCUT2D eigenvalue weighted by Crippen LogP contribution is 2.11. The normalized spacial score (nSPS) is 10.2. The van der Waals surface area contributed by atoms with E-state index in [1.54, 1.807) is 17.9 Å². The number of nitrogens with one attached hydrogen (secondary N) is 2. The zero-order valence-electron chi connectivity index (χ0n) is 11.2. The van der Waals surface area contributed by atoms with E-state index in [0.29, 0.717) is 0 Å². The van der Waals surface area contributed by atoms with Gasteiger partial charge in [-0.1, -0.05) is 24.3 Å². The number of rotatable bonds is 5. The third kappa shape index (κ3) is 3.58. The Labute approximate surface area is 112 Å². The molecule has 0 saturated carbocycles. The molecule has 5 nitrogen and oxygen atoms in total. The van der Waals surface area contributed by atoms with Crippen molar-refractivity contribution in [1.29, 1.82) is 0 Å². The first kappa shape index (κ1) is 13.1. The Balaban J connectivity index is 1.94. The molecule has 1 amide bonds. The maximum atomic E-state index is 11.2. The molecule has 0 spiro atoms. The van der Waals surface area contributed by atoms with E-state index in [4.69, 9.17) is 0 Å². The quantitative estimate of drug-likeness (QED) is 0.855. The zero-order chi connectivity index (χ0) is 13.7. The number of benzene rings is 1. The topological polar surface area (TPSA) is 59.0 Å². The molecule has 19 heavy (non-hydrogen) atoms. The minimum Gasteiger partial charge on any atom is -0.378 e. The van der Waals surface area contributed by atoms with Gasteiger partial charge in [-0.05, 0) is 18.1 Å². The maximum Gasteiger partial charge on any atom is 0.241 e. The number of hydrogen-bond acceptors (Lipinski definition) is 3. The number of nitrogens with zero attached hydrogens (tertiary/aromatic N) is 2. The van der Waals surface area contributed by atoms with Crippen LogP contribution in [-0.2, 0) is 17.9 Å². The van der Waals surface area contributed by atoms with Crippen molar-refractivity contribution >= 4 is 11.6 Å². The summed E-state index contributed by atoms with van der Waals surface area (Å²) in [4.78, 5) is 11.2. The summed E-state index contributed by atoms with van der Waals surface area (Å²) in [7, 11) is 1.61. The SMILES string of the molecule is CNC(=O)Cn1cc(NCc2ccccc2C)cn1. The molecule has 0 unspecified atom stereocenters. The fourth-order valence-corrected chi connectivity index (χ4v) is 1.77. The summed E-state index contributed by atoms with van der Waals surface area (Å²) in [5.74, 6) is -0.0615. The van der Waals surface area contributed by atoms with E-state index in [0.717, 1.165) is 12.2 Å². The molecule has 2 aromatic rings. The standard InChI is InChI=1S/C14H18N4O/c1-11-5-3-4-6-12(11)7-16-13-8-17-18(9-13)10-14(19)15-2/h3-6,8-9,16H,7,10H2,1-2H3,(H,15,19). The average Bonchev–Trinajstić information content (AvgIpc) is 2.85. The Morgan fingerprint density at radius 1 is 1.37 bits per heavy atom. The molecule has 1 aromatic carbocycles. The van der Waals surface area contributed by atoms with Crippen molar-refractivity contribution in [3.63, 3.8) is 0 Å². The first-order valence-corrected chi connectivity index (χ1v) is 6.20. The van der Waals surface area contributed by atoms with Crippen molar-refractivity contribution in [2.75, 3.05) is 12.4 Å². The van der Waals surface area contributed by atoms with E-state index >= 15 is 0 Å². The number of aryl methyl sites for hydroxylation is 1. The third-order valence-electron chi connectivity index (χ3n) is 2.96. The van der Waals surface area contributed by atoms with Gasteiger partial charge in [-0.15, -0.1) is 0 Å². The van der Waals surface area contributed by atoms with Gasteiger partial charge in [0.1, 0.15) is 6.54 Å². The summed E-state index contributed by atoms with van der Waals surface area (Å²) in [5.41, 5.74) is 3.42. The number of anilines is 1. The van der Waals surface area contributed by atoms with Crippen molar-refractivity contribution in [2.45, 2.75) is 20.0 Å². The Bertz CT molecular complexity index is 562. The third-order valence-corrected chi connectivity index (χ3v) is 2.96. The second kappa shape index (κ2) is 6.04. The van der Waals surface area contributed by atoms with E-state index in [9.17, 15) is 4.79 Å². The predicted octanol–water partition coefficient (Wildman–Crippen LogP) is 1.55. The molecule has 2 N–H and O–H groups in total. The van der Waals surface area contributed by atoms with Crippen molar-refractivity contribution < 1.29 is 4.79 Å². The fourth-order valence-electron chi connectivity index (χ4n) is 1.77. The van der Waals surface area contributed by atoms with Gasteiger partial charge in [0.2, 0.25) is 5.91 Å². The number of carbonyl (C=O) groups excluding carboxylic acids is 1. The van der Waals surface area contributed by atoms with Gasteiger partial charge < -0.3 is 10.6 Å². The van der Waals surface area contributed by atoms with Gasteiger partial charge in [-0.3, -0.25) is 9.48 Å². The molecular formula is C14H18N4O. The van der Waals surface area contributed by atoms with Gasteiger partial charge in [0.05, 0.1) is 11.9 Å². The van der Waals surface area contributed by atoms with E-state index in [2.05, 4.69) is 34.8 Å². The lowest BCUT2D eigenvalue weighted by atomic mass is 10.1. The van der Waals surface area contributed by atoms with Crippen LogP contribution in [0.25, 0.3) is 0 Å². The average molecular weight is 258 g/mol. The largest absolute Gasteiger partial charge is 0.378 e. The summed E-state index contributed by atoms with van der Waals surface area (Å²) in [6, 6.07) is 8.24. The number of hydrogen-bond donors (Lipinski definition) is 2. The molecule has 1 aromatic heterocycles. The van der Waals surface area contributed by atoms with Crippen molar-refractivity contribution in [3.8, 4) is 0 Å². The highest BCUT2D eigenvalue weighted by molar-refractivity contribution is 5.75. The van der Waals surface area contributed by atoms with E-state index in [1.165, 1.54) is 11.1 Å². The minimum absolute atomic E-state index is 0.0615. The van der Waals surface area contributed by atoms with Crippen LogP contribution in [0.5, 0.6) is 0 Å². The molecular weight excluding hydrogens is 240 g/mol. The molecule has 0 atom stereocenters. The second-order valence-corrected chi connectivity index (χ2v) is 4.38. The first-order chi connectivity index (χ1) is 9.19. The lowest BCUT2D eigenvalue weighted by molar-refractivity contribution is -0.121. The lowest BCUT2D eigenvalue weighted by Crippen LogP contribution is -2.23. The number of aromatic nitrogens is 2. The molecule has 0 aliphatic heterocycles. The minimum atomic E-state index is -0.0615. The Hall–Kier alpha value is -2.30. The van der Waals surface area contributed by atoms with E-state index in [-0.39, 0.29) is 12.5 Å². The van der Waals surface area contributed by atoms with E-state index in [1.807, 2.05) is 18.3 Å². The summed E-state index contributed by atoms with van der Waals surface area (Å²) in [5, 5.41) is 10.00. The summed E-state index contributed by atoms with van der Waals surface area (Å²) < 4.78 is 1.61. The number of carbonyl (C=O) groups is 1. The van der Waals surface area contributed by atoms with Crippen LogP contribution < -0.4 is 10.6 Å². The van der Waals surface area contributed by atoms with Crippen LogP contribution in [0.4, 0.5) is 5.69 Å². The van der Waals surface area contributed by atoms with E-state index < -0.39 is 0 Å². The number of likely N-dealkylation sites (N-methyl/N-ethyl adjacent to an activating group) is 1. The number of amides is 1. The fraction of sp³-hybridized carbons (Fsp3) is 0.286. The monoisotopic (exact) mass is 258 g/mol. The Morgan fingerprint density at radius 2 is 2.16 bits per heavy atom. The molecule has 0 bridgehead atoms. The molecule has 1 heterocycles. The Morgan fingerprint density at radius 3 is 2.89 bits per heavy atom. The first-order valence-electron chi connectivity index (χ1n) is 6.20. The van der Waals surface area contributed by atoms with Gasteiger partial charge in [0, 0.05) is 19.8 Å². The van der Waals surface area contributed by atoms with Crippen LogP contribution >= 0.6 is 0 Å². The van der Waals surface area contributed by atoms with Crippen molar-refractivity contribution in [1.82, 2.24) is 15.1 Å². The van der Waals surface area contributed by atoms with Gasteiger partial charge >= 0.3 is 0 Å². The lowest BCUT2D eigenvalue weighted by Gasteiger charge is -2.06. The highest BCUT2D eigenvalue weighted by Gasteiger charge is 2.03. The van der Waals surface area contributed by atoms with Crippen LogP contribution in [0, 0.1) is 6.92 Å². The van der Waals surface area contributed by atoms with Crippen LogP contribution in [0.3, 0.4) is 0 Å². The van der Waals surface area contributed by atoms with Crippen molar-refractivity contribution in [3.05, 3.63) is 47.8 Å². The van der Waals surface area contributed by atoms with Crippen molar-refractivity contribution in [2.24, 2.45) is 0 Å². The summed E-state index contributed by atoms with van der Waals surface area (Å²) >= 11 is 0. The second-order valence-electron chi connectivity index (χ2n) is 4.38. The molecule has 100 valence electrons. The highest BCUT2D eigenvalue weighted by atomic mass is 16.1. The molecule has 0 fully saturated rings. The molecule has 2 rings (SSSR count). The molecule has 0 saturated heterocycles. The maximum absolute atomic E-state index is 11.2. The van der Waals surface area contributed by atoms with Gasteiger partial charge in [-0.2, -0.15) is 5.10 Å². The van der Waals surface area contributed by atoms with Gasteiger partial charge in [0.25, 0.3) is 0 Å². The molecule has 0 aliphatic rings. The molecule has 0 aliphatic carbocycles. The van der Waals surface area contributed by atoms with Crippen LogP contribution in [0.15, 0.2) is 36.7 Å². The van der Waals surface area contributed by atoms with Crippen LogP contribution in [0.1, 0.15) is 11.1 Å². The molecule has 0 radical (unpaired) electrons. The smallest absolute Gasteiger partial charge is 0.241 e. The predicted molar refractivity (Wildman–Crippen MR) is 74.8 cm³/mol. The summed E-state index contributed by atoms with van der Waals surface area (Å²) in [6.07, 6.45) is 3.55. The Kier molecular flexibility index (Phi) is 4.18. The molecule has 5 heteroatoms. The van der Waals surface area contributed by atoms with Gasteiger partial charge in [0.15, 0.2) is 0 Å². The zero-order valence-corrected chi connectivity index (χ0v) is 11.2. The summed E-state index contributed by atoms with van der Waals surface area (Å²) in [6.45, 7) is 3.08. The van der Waals surface area contributed by atoms with Crippen LogP contribution in [0.2, 0.25) is 0 Å². The van der Waals surface area contributed by atoms with Crippen LogP contribution in [-0.4, -0.2) is 22.7 Å².